The van der Waals surface area contributed by atoms with Crippen LogP contribution in [0.2, 0.25) is 5.02 Å². The molecular formula is C13H12ClNO5S. The highest BCUT2D eigenvalue weighted by Gasteiger charge is 2.23. The van der Waals surface area contributed by atoms with Gasteiger partial charge in [-0.3, -0.25) is 0 Å². The second kappa shape index (κ2) is 5.88. The molecule has 0 radical (unpaired) electrons. The minimum atomic E-state index is -3.94. The quantitative estimate of drug-likeness (QED) is 0.879. The summed E-state index contributed by atoms with van der Waals surface area (Å²) in [5.41, 5.74) is 0.716. The van der Waals surface area contributed by atoms with Crippen molar-refractivity contribution in [3.05, 3.63) is 52.7 Å². The zero-order chi connectivity index (χ0) is 15.6. The lowest BCUT2D eigenvalue weighted by atomic mass is 10.1. The molecule has 0 saturated carbocycles. The lowest BCUT2D eigenvalue weighted by Gasteiger charge is -2.13. The fourth-order valence-corrected chi connectivity index (χ4v) is 2.98. The number of hydrogen-bond acceptors (Lipinski definition) is 4. The minimum absolute atomic E-state index is 0.436. The van der Waals surface area contributed by atoms with Crippen molar-refractivity contribution in [3.63, 3.8) is 0 Å². The largest absolute Gasteiger partial charge is 0.475 e. The van der Waals surface area contributed by atoms with Crippen molar-refractivity contribution in [2.75, 3.05) is 0 Å². The minimum Gasteiger partial charge on any atom is -0.475 e. The fraction of sp³-hybridized carbons (Fsp3) is 0.154. The molecular weight excluding hydrogens is 318 g/mol. The van der Waals surface area contributed by atoms with Gasteiger partial charge in [0.05, 0.1) is 0 Å². The van der Waals surface area contributed by atoms with Gasteiger partial charge in [0.25, 0.3) is 10.0 Å². The topological polar surface area (TPSA) is 96.6 Å². The number of halogens is 1. The predicted octanol–water partition coefficient (Wildman–Crippen LogP) is 2.67. The molecule has 2 rings (SSSR count). The van der Waals surface area contributed by atoms with Crippen LogP contribution in [0.25, 0.3) is 0 Å². The molecule has 8 heteroatoms. The summed E-state index contributed by atoms with van der Waals surface area (Å²) in [6.07, 6.45) is 0. The zero-order valence-electron chi connectivity index (χ0n) is 10.9. The molecule has 1 atom stereocenters. The van der Waals surface area contributed by atoms with Crippen molar-refractivity contribution in [1.29, 1.82) is 0 Å². The van der Waals surface area contributed by atoms with Crippen molar-refractivity contribution in [2.45, 2.75) is 18.1 Å². The van der Waals surface area contributed by atoms with E-state index in [2.05, 4.69) is 4.72 Å². The highest BCUT2D eigenvalue weighted by molar-refractivity contribution is 7.89. The Bertz CT molecular complexity index is 751. The van der Waals surface area contributed by atoms with Gasteiger partial charge in [0, 0.05) is 11.1 Å². The molecule has 0 spiro atoms. The van der Waals surface area contributed by atoms with E-state index < -0.39 is 32.9 Å². The summed E-state index contributed by atoms with van der Waals surface area (Å²) in [5, 5.41) is 8.83. The molecule has 1 aromatic carbocycles. The van der Waals surface area contributed by atoms with Crippen molar-refractivity contribution in [2.24, 2.45) is 0 Å². The Morgan fingerprint density at radius 2 is 1.86 bits per heavy atom. The van der Waals surface area contributed by atoms with E-state index in [-0.39, 0.29) is 0 Å². The van der Waals surface area contributed by atoms with Gasteiger partial charge in [0.2, 0.25) is 10.9 Å². The SMILES string of the molecule is CC(NS(=O)(=O)c1ccc(C(=O)O)o1)c1ccc(Cl)cc1. The van der Waals surface area contributed by atoms with Gasteiger partial charge < -0.3 is 9.52 Å². The molecule has 112 valence electrons. The fourth-order valence-electron chi connectivity index (χ4n) is 1.69. The number of carboxylic acids is 1. The van der Waals surface area contributed by atoms with Gasteiger partial charge in [-0.05, 0) is 36.8 Å². The Morgan fingerprint density at radius 3 is 2.38 bits per heavy atom. The Labute approximate surface area is 126 Å². The first-order chi connectivity index (χ1) is 9.79. The van der Waals surface area contributed by atoms with Gasteiger partial charge in [-0.2, -0.15) is 0 Å². The molecule has 0 amide bonds. The summed E-state index contributed by atoms with van der Waals surface area (Å²) in [4.78, 5) is 10.7. The van der Waals surface area contributed by atoms with E-state index in [0.29, 0.717) is 10.6 Å². The summed E-state index contributed by atoms with van der Waals surface area (Å²) in [6.45, 7) is 1.65. The molecule has 2 N–H and O–H groups in total. The number of aromatic carboxylic acids is 1. The van der Waals surface area contributed by atoms with E-state index in [0.717, 1.165) is 12.1 Å². The third-order valence-corrected chi connectivity index (χ3v) is 4.42. The summed E-state index contributed by atoms with van der Waals surface area (Å²) in [7, 11) is -3.94. The number of nitrogens with one attached hydrogen (secondary N) is 1. The van der Waals surface area contributed by atoms with Crippen LogP contribution in [-0.4, -0.2) is 19.5 Å². The van der Waals surface area contributed by atoms with E-state index in [4.69, 9.17) is 21.1 Å². The highest BCUT2D eigenvalue weighted by Crippen LogP contribution is 2.20. The molecule has 0 saturated heterocycles. The lowest BCUT2D eigenvalue weighted by Crippen LogP contribution is -2.26. The molecule has 0 aliphatic heterocycles. The van der Waals surface area contributed by atoms with Crippen LogP contribution >= 0.6 is 11.6 Å². The number of benzene rings is 1. The first-order valence-electron chi connectivity index (χ1n) is 5.90. The maximum atomic E-state index is 12.1. The number of carbonyl (C=O) groups is 1. The van der Waals surface area contributed by atoms with Crippen LogP contribution in [0, 0.1) is 0 Å². The van der Waals surface area contributed by atoms with Crippen molar-refractivity contribution >= 4 is 27.6 Å². The molecule has 6 nitrogen and oxygen atoms in total. The van der Waals surface area contributed by atoms with E-state index in [1.54, 1.807) is 31.2 Å². The zero-order valence-corrected chi connectivity index (χ0v) is 12.5. The third kappa shape index (κ3) is 3.63. The number of furan rings is 1. The standard InChI is InChI=1S/C13H12ClNO5S/c1-8(9-2-4-10(14)5-3-9)15-21(18,19)12-7-6-11(20-12)13(16)17/h2-8,15H,1H3,(H,16,17). The average Bonchev–Trinajstić information content (AvgIpc) is 2.89. The van der Waals surface area contributed by atoms with E-state index in [9.17, 15) is 13.2 Å². The van der Waals surface area contributed by atoms with Gasteiger partial charge in [-0.1, -0.05) is 23.7 Å². The third-order valence-electron chi connectivity index (χ3n) is 2.76. The van der Waals surface area contributed by atoms with Crippen LogP contribution in [0.3, 0.4) is 0 Å². The van der Waals surface area contributed by atoms with Crippen LogP contribution < -0.4 is 4.72 Å². The maximum Gasteiger partial charge on any atom is 0.371 e. The van der Waals surface area contributed by atoms with Crippen LogP contribution in [0.5, 0.6) is 0 Å². The van der Waals surface area contributed by atoms with E-state index in [1.165, 1.54) is 0 Å². The summed E-state index contributed by atoms with van der Waals surface area (Å²) < 4.78 is 31.4. The molecule has 0 aliphatic rings. The predicted molar refractivity (Wildman–Crippen MR) is 75.9 cm³/mol. The van der Waals surface area contributed by atoms with Gasteiger partial charge in [0.1, 0.15) is 0 Å². The van der Waals surface area contributed by atoms with E-state index in [1.807, 2.05) is 0 Å². The second-order valence-corrected chi connectivity index (χ2v) is 6.40. The second-order valence-electron chi connectivity index (χ2n) is 4.32. The Hall–Kier alpha value is -1.83. The van der Waals surface area contributed by atoms with Gasteiger partial charge in [-0.15, -0.1) is 0 Å². The molecule has 1 aromatic heterocycles. The van der Waals surface area contributed by atoms with Gasteiger partial charge >= 0.3 is 5.97 Å². The number of sulfonamides is 1. The summed E-state index contributed by atoms with van der Waals surface area (Å²) >= 11 is 5.77. The van der Waals surface area contributed by atoms with Crippen molar-refractivity contribution < 1.29 is 22.7 Å². The molecule has 1 unspecified atom stereocenters. The molecule has 1 heterocycles. The number of rotatable bonds is 5. The monoisotopic (exact) mass is 329 g/mol. The van der Waals surface area contributed by atoms with Gasteiger partial charge in [0.15, 0.2) is 0 Å². The highest BCUT2D eigenvalue weighted by atomic mass is 35.5. The molecule has 0 bridgehead atoms. The van der Waals surface area contributed by atoms with Crippen LogP contribution in [0.15, 0.2) is 45.9 Å². The lowest BCUT2D eigenvalue weighted by molar-refractivity contribution is 0.0656. The van der Waals surface area contributed by atoms with Crippen LogP contribution in [0.1, 0.15) is 29.1 Å². The molecule has 2 aromatic rings. The average molecular weight is 330 g/mol. The Kier molecular flexibility index (Phi) is 4.36. The van der Waals surface area contributed by atoms with E-state index >= 15 is 0 Å². The number of carboxylic acid groups (broad SMARTS) is 1. The Morgan fingerprint density at radius 1 is 1.24 bits per heavy atom. The smallest absolute Gasteiger partial charge is 0.371 e. The molecule has 0 fully saturated rings. The normalized spacial score (nSPS) is 13.0. The number of hydrogen-bond donors (Lipinski definition) is 2. The first kappa shape index (κ1) is 15.6. The molecule has 0 aliphatic carbocycles. The van der Waals surface area contributed by atoms with Crippen molar-refractivity contribution in [3.8, 4) is 0 Å². The van der Waals surface area contributed by atoms with Crippen LogP contribution in [-0.2, 0) is 10.0 Å². The summed E-state index contributed by atoms with van der Waals surface area (Å²) in [6, 6.07) is 8.35. The maximum absolute atomic E-state index is 12.1. The Balaban J connectivity index is 2.20. The van der Waals surface area contributed by atoms with Crippen LogP contribution in [0.4, 0.5) is 0 Å². The summed E-state index contributed by atoms with van der Waals surface area (Å²) in [5.74, 6) is -1.77. The van der Waals surface area contributed by atoms with Gasteiger partial charge in [-0.25, -0.2) is 17.9 Å². The van der Waals surface area contributed by atoms with Crippen molar-refractivity contribution in [1.82, 2.24) is 4.72 Å². The molecule has 21 heavy (non-hydrogen) atoms. The first-order valence-corrected chi connectivity index (χ1v) is 7.76.